The number of thiophene rings is 1. The second-order valence-corrected chi connectivity index (χ2v) is 7.95. The molecule has 4 heterocycles. The summed E-state index contributed by atoms with van der Waals surface area (Å²) in [6, 6.07) is 5.88. The van der Waals surface area contributed by atoms with Gasteiger partial charge in [-0.15, -0.1) is 11.3 Å². The van der Waals surface area contributed by atoms with Crippen LogP contribution in [0.3, 0.4) is 0 Å². The van der Waals surface area contributed by atoms with Gasteiger partial charge in [0.1, 0.15) is 0 Å². The van der Waals surface area contributed by atoms with Gasteiger partial charge < -0.3 is 15.0 Å². The van der Waals surface area contributed by atoms with Crippen molar-refractivity contribution in [3.63, 3.8) is 0 Å². The van der Waals surface area contributed by atoms with Crippen LogP contribution in [-0.2, 0) is 12.8 Å². The molecule has 0 unspecified atom stereocenters. The van der Waals surface area contributed by atoms with Crippen molar-refractivity contribution in [3.05, 3.63) is 45.9 Å². The fourth-order valence-electron chi connectivity index (χ4n) is 3.94. The van der Waals surface area contributed by atoms with Crippen molar-refractivity contribution in [1.29, 1.82) is 0 Å². The molecule has 0 aromatic carbocycles. The Labute approximate surface area is 167 Å². The van der Waals surface area contributed by atoms with E-state index in [9.17, 15) is 4.79 Å². The molecule has 5 rings (SSSR count). The van der Waals surface area contributed by atoms with Crippen molar-refractivity contribution in [3.8, 4) is 22.8 Å². The van der Waals surface area contributed by atoms with Crippen LogP contribution in [0.2, 0.25) is 0 Å². The molecule has 8 heteroatoms. The number of piperazine rings is 1. The van der Waals surface area contributed by atoms with Crippen LogP contribution in [-0.4, -0.2) is 58.9 Å². The number of pyridine rings is 1. The van der Waals surface area contributed by atoms with Crippen molar-refractivity contribution in [2.75, 3.05) is 33.3 Å². The van der Waals surface area contributed by atoms with E-state index >= 15 is 0 Å². The molecule has 0 atom stereocenters. The summed E-state index contributed by atoms with van der Waals surface area (Å²) in [5, 5.41) is 10.2. The van der Waals surface area contributed by atoms with Gasteiger partial charge in [0.25, 0.3) is 5.91 Å². The third-order valence-corrected chi connectivity index (χ3v) is 6.35. The first-order chi connectivity index (χ1) is 13.8. The Bertz CT molecular complexity index is 1020. The van der Waals surface area contributed by atoms with Crippen LogP contribution in [0.15, 0.2) is 29.8 Å². The summed E-state index contributed by atoms with van der Waals surface area (Å²) in [4.78, 5) is 20.8. The monoisotopic (exact) mass is 395 g/mol. The molecule has 1 saturated heterocycles. The molecular formula is C20H21N5O2S. The maximum atomic E-state index is 13.3. The van der Waals surface area contributed by atoms with Crippen molar-refractivity contribution in [2.24, 2.45) is 0 Å². The molecule has 3 aromatic heterocycles. The largest absolute Gasteiger partial charge is 0.481 e. The molecule has 1 aliphatic carbocycles. The summed E-state index contributed by atoms with van der Waals surface area (Å²) < 4.78 is 7.06. The fraction of sp³-hybridized carbons (Fsp3) is 0.350. The zero-order valence-electron chi connectivity index (χ0n) is 15.6. The van der Waals surface area contributed by atoms with E-state index in [1.165, 1.54) is 10.4 Å². The first-order valence-electron chi connectivity index (χ1n) is 9.45. The maximum absolute atomic E-state index is 13.3. The zero-order chi connectivity index (χ0) is 19.1. The molecule has 0 saturated carbocycles. The lowest BCUT2D eigenvalue weighted by Gasteiger charge is -2.27. The summed E-state index contributed by atoms with van der Waals surface area (Å²) in [7, 11) is 1.60. The average Bonchev–Trinajstić information content (AvgIpc) is 3.38. The average molecular weight is 395 g/mol. The number of carbonyl (C=O) groups excluding carboxylic acids is 1. The molecule has 1 N–H and O–H groups in total. The molecule has 3 aromatic rings. The topological polar surface area (TPSA) is 72.3 Å². The molecule has 0 radical (unpaired) electrons. The van der Waals surface area contributed by atoms with Crippen LogP contribution < -0.4 is 10.1 Å². The number of hydrogen-bond acceptors (Lipinski definition) is 6. The van der Waals surface area contributed by atoms with Crippen molar-refractivity contribution in [2.45, 2.75) is 12.8 Å². The summed E-state index contributed by atoms with van der Waals surface area (Å²) in [5.41, 5.74) is 4.65. The van der Waals surface area contributed by atoms with E-state index < -0.39 is 0 Å². The quantitative estimate of drug-likeness (QED) is 0.736. The molecule has 1 aliphatic heterocycles. The van der Waals surface area contributed by atoms with Crippen LogP contribution in [0, 0.1) is 0 Å². The Kier molecular flexibility index (Phi) is 4.37. The van der Waals surface area contributed by atoms with E-state index in [1.54, 1.807) is 24.6 Å². The number of hydrogen-bond donors (Lipinski definition) is 1. The molecule has 0 spiro atoms. The molecule has 7 nitrogen and oxygen atoms in total. The Morgan fingerprint density at radius 1 is 1.21 bits per heavy atom. The molecule has 1 amide bonds. The van der Waals surface area contributed by atoms with E-state index in [0.717, 1.165) is 42.9 Å². The molecule has 2 aliphatic rings. The number of methoxy groups -OCH3 is 1. The first-order valence-corrected chi connectivity index (χ1v) is 10.3. The molecule has 0 bridgehead atoms. The normalized spacial score (nSPS) is 15.8. The number of ether oxygens (including phenoxy) is 1. The second kappa shape index (κ2) is 7.03. The highest BCUT2D eigenvalue weighted by Gasteiger charge is 2.31. The Morgan fingerprint density at radius 3 is 2.82 bits per heavy atom. The van der Waals surface area contributed by atoms with Crippen molar-refractivity contribution >= 4 is 17.2 Å². The van der Waals surface area contributed by atoms with Crippen LogP contribution in [0.4, 0.5) is 0 Å². The first kappa shape index (κ1) is 17.4. The molecular weight excluding hydrogens is 374 g/mol. The highest BCUT2D eigenvalue weighted by atomic mass is 32.1. The van der Waals surface area contributed by atoms with Gasteiger partial charge in [0, 0.05) is 48.2 Å². The van der Waals surface area contributed by atoms with Gasteiger partial charge in [-0.3, -0.25) is 4.79 Å². The number of nitrogens with zero attached hydrogens (tertiary/aromatic N) is 4. The predicted octanol–water partition coefficient (Wildman–Crippen LogP) is 2.15. The zero-order valence-corrected chi connectivity index (χ0v) is 16.5. The number of aromatic nitrogens is 3. The van der Waals surface area contributed by atoms with Gasteiger partial charge in [0.15, 0.2) is 5.69 Å². The van der Waals surface area contributed by atoms with E-state index in [4.69, 9.17) is 9.84 Å². The highest BCUT2D eigenvalue weighted by molar-refractivity contribution is 7.10. The number of carbonyl (C=O) groups is 1. The summed E-state index contributed by atoms with van der Waals surface area (Å²) in [5.74, 6) is 0.578. The third kappa shape index (κ3) is 2.80. The Morgan fingerprint density at radius 2 is 2.07 bits per heavy atom. The smallest absolute Gasteiger partial charge is 0.274 e. The van der Waals surface area contributed by atoms with Gasteiger partial charge in [-0.25, -0.2) is 9.67 Å². The predicted molar refractivity (Wildman–Crippen MR) is 107 cm³/mol. The minimum atomic E-state index is 0.0247. The Balaban J connectivity index is 1.64. The van der Waals surface area contributed by atoms with E-state index in [2.05, 4.69) is 21.7 Å². The van der Waals surface area contributed by atoms with Gasteiger partial charge >= 0.3 is 0 Å². The lowest BCUT2D eigenvalue weighted by Crippen LogP contribution is -2.46. The number of nitrogens with one attached hydrogen (secondary N) is 1. The van der Waals surface area contributed by atoms with E-state index in [1.807, 2.05) is 21.7 Å². The summed E-state index contributed by atoms with van der Waals surface area (Å²) >= 11 is 1.76. The molecule has 1 fully saturated rings. The SMILES string of the molecule is COc1ccc(-n2nc(C(=O)N3CCNCC3)c3c2-c2ccsc2CC3)cn1. The number of aryl methyl sites for hydroxylation is 1. The minimum Gasteiger partial charge on any atom is -0.481 e. The molecule has 28 heavy (non-hydrogen) atoms. The fourth-order valence-corrected chi connectivity index (χ4v) is 4.82. The second-order valence-electron chi connectivity index (χ2n) is 6.95. The molecule has 144 valence electrons. The number of amides is 1. The Hall–Kier alpha value is -2.71. The van der Waals surface area contributed by atoms with Crippen molar-refractivity contribution < 1.29 is 9.53 Å². The van der Waals surface area contributed by atoms with Crippen LogP contribution in [0.5, 0.6) is 5.88 Å². The van der Waals surface area contributed by atoms with Crippen molar-refractivity contribution in [1.82, 2.24) is 25.0 Å². The minimum absolute atomic E-state index is 0.0247. The van der Waals surface area contributed by atoms with Gasteiger partial charge in [-0.1, -0.05) is 0 Å². The van der Waals surface area contributed by atoms with Gasteiger partial charge in [-0.05, 0) is 30.4 Å². The highest BCUT2D eigenvalue weighted by Crippen LogP contribution is 2.39. The lowest BCUT2D eigenvalue weighted by molar-refractivity contribution is 0.0728. The van der Waals surface area contributed by atoms with Crippen LogP contribution in [0.25, 0.3) is 16.9 Å². The standard InChI is InChI=1S/C20H21N5O2S/c1-27-17-5-2-13(12-22-17)25-19-14-6-11-28-16(14)4-3-15(19)18(23-25)20(26)24-9-7-21-8-10-24/h2,5-6,11-12,21H,3-4,7-10H2,1H3. The lowest BCUT2D eigenvalue weighted by atomic mass is 9.94. The third-order valence-electron chi connectivity index (χ3n) is 5.37. The van der Waals surface area contributed by atoms with Crippen LogP contribution >= 0.6 is 11.3 Å². The van der Waals surface area contributed by atoms with Gasteiger partial charge in [0.05, 0.1) is 24.7 Å². The number of rotatable bonds is 3. The van der Waals surface area contributed by atoms with E-state index in [0.29, 0.717) is 24.7 Å². The van der Waals surface area contributed by atoms with Gasteiger partial charge in [0.2, 0.25) is 5.88 Å². The van der Waals surface area contributed by atoms with Gasteiger partial charge in [-0.2, -0.15) is 5.10 Å². The summed E-state index contributed by atoms with van der Waals surface area (Å²) in [6.07, 6.45) is 3.53. The van der Waals surface area contributed by atoms with E-state index in [-0.39, 0.29) is 5.91 Å². The van der Waals surface area contributed by atoms with Crippen LogP contribution in [0.1, 0.15) is 20.9 Å². The summed E-state index contributed by atoms with van der Waals surface area (Å²) in [6.45, 7) is 3.08. The number of fused-ring (bicyclic) bond motifs is 3. The maximum Gasteiger partial charge on any atom is 0.274 e.